The minimum absolute atomic E-state index is 0.268. The second-order valence-electron chi connectivity index (χ2n) is 5.83. The van der Waals surface area contributed by atoms with E-state index in [0.29, 0.717) is 22.2 Å². The number of anilines is 4. The monoisotopic (exact) mass is 367 g/mol. The van der Waals surface area contributed by atoms with E-state index in [1.54, 1.807) is 36.4 Å². The zero-order valence-electron chi connectivity index (χ0n) is 14.4. The Balaban J connectivity index is 1.62. The van der Waals surface area contributed by atoms with Gasteiger partial charge in [-0.25, -0.2) is 0 Å². The van der Waals surface area contributed by atoms with Crippen molar-refractivity contribution in [3.63, 3.8) is 0 Å². The molecule has 0 saturated heterocycles. The molecule has 0 aliphatic rings. The van der Waals surface area contributed by atoms with Crippen LogP contribution in [0.3, 0.4) is 0 Å². The highest BCUT2D eigenvalue weighted by atomic mass is 35.5. The summed E-state index contributed by atoms with van der Waals surface area (Å²) in [6, 6.07) is 18.0. The van der Waals surface area contributed by atoms with E-state index in [1.165, 1.54) is 0 Å². The van der Waals surface area contributed by atoms with Crippen LogP contribution in [-0.2, 0) is 0 Å². The molecular formula is C19H18ClN5O. The lowest BCUT2D eigenvalue weighted by Crippen LogP contribution is -2.13. The highest BCUT2D eigenvalue weighted by molar-refractivity contribution is 6.30. The fraction of sp³-hybridized carbons (Fsp3) is 0.105. The van der Waals surface area contributed by atoms with Gasteiger partial charge in [0.2, 0.25) is 0 Å². The van der Waals surface area contributed by atoms with Crippen molar-refractivity contribution in [2.24, 2.45) is 0 Å². The molecule has 2 aromatic carbocycles. The molecule has 0 fully saturated rings. The molecule has 2 N–H and O–H groups in total. The SMILES string of the molecule is CN(C)c1ccc(Nc2ccc(NC(=O)c3ccc(Cl)cc3)nn2)cc1. The van der Waals surface area contributed by atoms with E-state index < -0.39 is 0 Å². The van der Waals surface area contributed by atoms with Crippen LogP contribution in [0.5, 0.6) is 0 Å². The molecule has 0 unspecified atom stereocenters. The van der Waals surface area contributed by atoms with Gasteiger partial charge in [0.1, 0.15) is 0 Å². The summed E-state index contributed by atoms with van der Waals surface area (Å²) in [7, 11) is 3.98. The lowest BCUT2D eigenvalue weighted by atomic mass is 10.2. The van der Waals surface area contributed by atoms with Crippen molar-refractivity contribution in [2.75, 3.05) is 29.6 Å². The highest BCUT2D eigenvalue weighted by Crippen LogP contribution is 2.19. The van der Waals surface area contributed by atoms with Crippen LogP contribution in [0.1, 0.15) is 10.4 Å². The molecule has 1 aromatic heterocycles. The number of nitrogens with zero attached hydrogens (tertiary/aromatic N) is 3. The Bertz CT molecular complexity index is 877. The molecule has 6 nitrogen and oxygen atoms in total. The van der Waals surface area contributed by atoms with Crippen molar-refractivity contribution < 1.29 is 4.79 Å². The second kappa shape index (κ2) is 7.84. The molecule has 7 heteroatoms. The van der Waals surface area contributed by atoms with E-state index in [2.05, 4.69) is 20.8 Å². The van der Waals surface area contributed by atoms with Crippen LogP contribution >= 0.6 is 11.6 Å². The predicted molar refractivity (Wildman–Crippen MR) is 105 cm³/mol. The number of carbonyl (C=O) groups excluding carboxylic acids is 1. The van der Waals surface area contributed by atoms with Gasteiger partial charge in [-0.3, -0.25) is 4.79 Å². The Morgan fingerprint density at radius 3 is 2.08 bits per heavy atom. The van der Waals surface area contributed by atoms with Crippen LogP contribution in [0.25, 0.3) is 0 Å². The van der Waals surface area contributed by atoms with E-state index in [9.17, 15) is 4.79 Å². The van der Waals surface area contributed by atoms with Crippen LogP contribution in [0, 0.1) is 0 Å². The van der Waals surface area contributed by atoms with E-state index >= 15 is 0 Å². The van der Waals surface area contributed by atoms with Crippen LogP contribution in [0.2, 0.25) is 5.02 Å². The first kappa shape index (κ1) is 17.7. The molecule has 0 atom stereocenters. The molecule has 1 heterocycles. The van der Waals surface area contributed by atoms with Crippen molar-refractivity contribution in [1.82, 2.24) is 10.2 Å². The van der Waals surface area contributed by atoms with Crippen molar-refractivity contribution in [3.05, 3.63) is 71.2 Å². The third-order valence-electron chi connectivity index (χ3n) is 3.67. The van der Waals surface area contributed by atoms with Gasteiger partial charge in [-0.05, 0) is 60.7 Å². The summed E-state index contributed by atoms with van der Waals surface area (Å²) < 4.78 is 0. The summed E-state index contributed by atoms with van der Waals surface area (Å²) >= 11 is 5.82. The fourth-order valence-corrected chi connectivity index (χ4v) is 2.37. The quantitative estimate of drug-likeness (QED) is 0.707. The van der Waals surface area contributed by atoms with Crippen molar-refractivity contribution in [1.29, 1.82) is 0 Å². The van der Waals surface area contributed by atoms with Crippen LogP contribution < -0.4 is 15.5 Å². The minimum atomic E-state index is -0.268. The normalized spacial score (nSPS) is 10.3. The van der Waals surface area contributed by atoms with Crippen LogP contribution in [-0.4, -0.2) is 30.2 Å². The molecule has 132 valence electrons. The Labute approximate surface area is 156 Å². The molecule has 26 heavy (non-hydrogen) atoms. The summed E-state index contributed by atoms with van der Waals surface area (Å²) in [6.45, 7) is 0. The van der Waals surface area contributed by atoms with Gasteiger partial charge < -0.3 is 15.5 Å². The van der Waals surface area contributed by atoms with E-state index in [1.807, 2.05) is 43.3 Å². The second-order valence-corrected chi connectivity index (χ2v) is 6.27. The number of aromatic nitrogens is 2. The van der Waals surface area contributed by atoms with Crippen LogP contribution in [0.15, 0.2) is 60.7 Å². The van der Waals surface area contributed by atoms with E-state index in [0.717, 1.165) is 11.4 Å². The number of carbonyl (C=O) groups is 1. The lowest BCUT2D eigenvalue weighted by Gasteiger charge is -2.13. The smallest absolute Gasteiger partial charge is 0.256 e. The Morgan fingerprint density at radius 2 is 1.50 bits per heavy atom. The number of rotatable bonds is 5. The summed E-state index contributed by atoms with van der Waals surface area (Å²) in [6.07, 6.45) is 0. The van der Waals surface area contributed by atoms with Gasteiger partial charge in [-0.15, -0.1) is 10.2 Å². The number of nitrogens with one attached hydrogen (secondary N) is 2. The fourth-order valence-electron chi connectivity index (χ4n) is 2.25. The van der Waals surface area contributed by atoms with Gasteiger partial charge in [-0.1, -0.05) is 11.6 Å². The lowest BCUT2D eigenvalue weighted by molar-refractivity contribution is 0.102. The van der Waals surface area contributed by atoms with Gasteiger partial charge in [-0.2, -0.15) is 0 Å². The number of halogens is 1. The Kier molecular flexibility index (Phi) is 5.34. The topological polar surface area (TPSA) is 70.2 Å². The Morgan fingerprint density at radius 1 is 0.885 bits per heavy atom. The summed E-state index contributed by atoms with van der Waals surface area (Å²) in [5.41, 5.74) is 2.52. The summed E-state index contributed by atoms with van der Waals surface area (Å²) in [4.78, 5) is 14.2. The van der Waals surface area contributed by atoms with Gasteiger partial charge in [0.05, 0.1) is 0 Å². The van der Waals surface area contributed by atoms with Crippen LogP contribution in [0.4, 0.5) is 23.0 Å². The number of benzene rings is 2. The number of amides is 1. The molecule has 0 radical (unpaired) electrons. The molecule has 0 aliphatic carbocycles. The van der Waals surface area contributed by atoms with Gasteiger partial charge >= 0.3 is 0 Å². The van der Waals surface area contributed by atoms with Gasteiger partial charge in [0.25, 0.3) is 5.91 Å². The molecule has 0 aliphatic heterocycles. The maximum atomic E-state index is 12.1. The summed E-state index contributed by atoms with van der Waals surface area (Å²) in [5, 5.41) is 14.6. The van der Waals surface area contributed by atoms with E-state index in [4.69, 9.17) is 11.6 Å². The maximum Gasteiger partial charge on any atom is 0.256 e. The Hall–Kier alpha value is -3.12. The number of hydrogen-bond donors (Lipinski definition) is 2. The first-order chi connectivity index (χ1) is 12.5. The van der Waals surface area contributed by atoms with Crippen molar-refractivity contribution in [3.8, 4) is 0 Å². The standard InChI is InChI=1S/C19H18ClN5O/c1-25(2)16-9-7-15(8-10-16)21-17-11-12-18(24-23-17)22-19(26)13-3-5-14(20)6-4-13/h3-12H,1-2H3,(H,21,23)(H,22,24,26). The van der Waals surface area contributed by atoms with E-state index in [-0.39, 0.29) is 5.91 Å². The molecule has 3 aromatic rings. The predicted octanol–water partition coefficient (Wildman–Crippen LogP) is 4.19. The molecule has 3 rings (SSSR count). The molecular weight excluding hydrogens is 350 g/mol. The average molecular weight is 368 g/mol. The van der Waals surface area contributed by atoms with Gasteiger partial charge in [0.15, 0.2) is 11.6 Å². The third-order valence-corrected chi connectivity index (χ3v) is 3.92. The first-order valence-electron chi connectivity index (χ1n) is 7.96. The molecule has 0 bridgehead atoms. The highest BCUT2D eigenvalue weighted by Gasteiger charge is 2.07. The third kappa shape index (κ3) is 4.49. The zero-order chi connectivity index (χ0) is 18.5. The van der Waals surface area contributed by atoms with Gasteiger partial charge in [0, 0.05) is 36.1 Å². The van der Waals surface area contributed by atoms with Crippen molar-refractivity contribution >= 4 is 40.5 Å². The maximum absolute atomic E-state index is 12.1. The first-order valence-corrected chi connectivity index (χ1v) is 8.34. The molecule has 0 spiro atoms. The minimum Gasteiger partial charge on any atom is -0.378 e. The summed E-state index contributed by atoms with van der Waals surface area (Å²) in [5.74, 6) is 0.696. The largest absolute Gasteiger partial charge is 0.378 e. The number of hydrogen-bond acceptors (Lipinski definition) is 5. The molecule has 1 amide bonds. The molecule has 0 saturated carbocycles. The zero-order valence-corrected chi connectivity index (χ0v) is 15.2. The average Bonchev–Trinajstić information content (AvgIpc) is 2.64. The van der Waals surface area contributed by atoms with Crippen molar-refractivity contribution in [2.45, 2.75) is 0 Å².